The van der Waals surface area contributed by atoms with E-state index in [0.29, 0.717) is 17.0 Å². The molecular formula is C15H12BrClF2O. The molecule has 2 rings (SSSR count). The minimum Gasteiger partial charge on any atom is -0.392 e. The molecule has 0 heterocycles. The number of rotatable bonds is 4. The van der Waals surface area contributed by atoms with Crippen LogP contribution in [0.2, 0.25) is 5.02 Å². The highest BCUT2D eigenvalue weighted by molar-refractivity contribution is 9.10. The van der Waals surface area contributed by atoms with E-state index >= 15 is 0 Å². The summed E-state index contributed by atoms with van der Waals surface area (Å²) in [6.07, 6.45) is -0.118. The Morgan fingerprint density at radius 1 is 1.05 bits per heavy atom. The van der Waals surface area contributed by atoms with Crippen LogP contribution >= 0.6 is 27.5 Å². The molecular weight excluding hydrogens is 350 g/mol. The van der Waals surface area contributed by atoms with Crippen LogP contribution in [-0.2, 0) is 12.8 Å². The largest absolute Gasteiger partial charge is 0.392 e. The molecule has 0 spiro atoms. The van der Waals surface area contributed by atoms with E-state index in [2.05, 4.69) is 15.9 Å². The lowest BCUT2D eigenvalue weighted by Crippen LogP contribution is -2.14. The van der Waals surface area contributed by atoms with Crippen LogP contribution in [0.4, 0.5) is 8.78 Å². The van der Waals surface area contributed by atoms with Crippen molar-refractivity contribution in [1.29, 1.82) is 0 Å². The minimum absolute atomic E-state index is 0.240. The summed E-state index contributed by atoms with van der Waals surface area (Å²) in [5.41, 5.74) is 1.36. The third-order valence-electron chi connectivity index (χ3n) is 2.93. The van der Waals surface area contributed by atoms with Crippen LogP contribution in [0.5, 0.6) is 0 Å². The van der Waals surface area contributed by atoms with Crippen molar-refractivity contribution in [2.45, 2.75) is 18.9 Å². The molecule has 0 bridgehead atoms. The molecule has 0 fully saturated rings. The monoisotopic (exact) mass is 360 g/mol. The lowest BCUT2D eigenvalue weighted by molar-refractivity contribution is 0.175. The van der Waals surface area contributed by atoms with E-state index in [1.165, 1.54) is 6.07 Å². The Hall–Kier alpha value is -0.970. The van der Waals surface area contributed by atoms with Crippen molar-refractivity contribution in [3.8, 4) is 0 Å². The van der Waals surface area contributed by atoms with Gasteiger partial charge in [0.1, 0.15) is 0 Å². The molecule has 1 N–H and O–H groups in total. The Morgan fingerprint density at radius 3 is 2.45 bits per heavy atom. The van der Waals surface area contributed by atoms with Crippen molar-refractivity contribution in [1.82, 2.24) is 0 Å². The minimum atomic E-state index is -0.906. The first kappa shape index (κ1) is 15.4. The summed E-state index contributed by atoms with van der Waals surface area (Å²) >= 11 is 9.38. The van der Waals surface area contributed by atoms with Gasteiger partial charge in [-0.3, -0.25) is 0 Å². The van der Waals surface area contributed by atoms with Gasteiger partial charge in [0.05, 0.1) is 6.10 Å². The van der Waals surface area contributed by atoms with Crippen molar-refractivity contribution in [2.24, 2.45) is 0 Å². The average molecular weight is 362 g/mol. The topological polar surface area (TPSA) is 20.2 Å². The second-order valence-corrected chi connectivity index (χ2v) is 5.87. The van der Waals surface area contributed by atoms with E-state index in [-0.39, 0.29) is 6.42 Å². The standard InChI is InChI=1S/C15H12BrClF2O/c16-11-3-2-10(13(17)8-11)7-12(20)5-9-1-4-14(18)15(19)6-9/h1-4,6,8,12,20H,5,7H2. The van der Waals surface area contributed by atoms with Gasteiger partial charge in [-0.15, -0.1) is 0 Å². The first-order chi connectivity index (χ1) is 9.45. The van der Waals surface area contributed by atoms with Gasteiger partial charge < -0.3 is 5.11 Å². The maximum Gasteiger partial charge on any atom is 0.159 e. The van der Waals surface area contributed by atoms with E-state index in [1.807, 2.05) is 12.1 Å². The Labute approximate surface area is 129 Å². The Balaban J connectivity index is 2.04. The summed E-state index contributed by atoms with van der Waals surface area (Å²) in [6, 6.07) is 9.03. The molecule has 0 aliphatic heterocycles. The zero-order valence-corrected chi connectivity index (χ0v) is 12.8. The van der Waals surface area contributed by atoms with Crippen molar-refractivity contribution in [2.75, 3.05) is 0 Å². The highest BCUT2D eigenvalue weighted by Gasteiger charge is 2.11. The zero-order chi connectivity index (χ0) is 14.7. The van der Waals surface area contributed by atoms with E-state index in [4.69, 9.17) is 11.6 Å². The molecule has 106 valence electrons. The normalized spacial score (nSPS) is 12.4. The molecule has 0 saturated heterocycles. The summed E-state index contributed by atoms with van der Waals surface area (Å²) in [7, 11) is 0. The molecule has 1 atom stereocenters. The molecule has 0 saturated carbocycles. The summed E-state index contributed by atoms with van der Waals surface area (Å²) in [6.45, 7) is 0. The fraction of sp³-hybridized carbons (Fsp3) is 0.200. The fourth-order valence-corrected chi connectivity index (χ4v) is 2.70. The van der Waals surface area contributed by atoms with Crippen molar-refractivity contribution >= 4 is 27.5 Å². The van der Waals surface area contributed by atoms with E-state index < -0.39 is 17.7 Å². The van der Waals surface area contributed by atoms with Crippen LogP contribution in [0.3, 0.4) is 0 Å². The number of hydrogen-bond donors (Lipinski definition) is 1. The van der Waals surface area contributed by atoms with Crippen molar-refractivity contribution in [3.63, 3.8) is 0 Å². The maximum absolute atomic E-state index is 13.1. The van der Waals surface area contributed by atoms with Crippen LogP contribution in [0, 0.1) is 11.6 Å². The van der Waals surface area contributed by atoms with Gasteiger partial charge in [-0.05, 0) is 41.8 Å². The lowest BCUT2D eigenvalue weighted by atomic mass is 10.0. The van der Waals surface area contributed by atoms with Gasteiger partial charge in [-0.1, -0.05) is 39.7 Å². The molecule has 0 radical (unpaired) electrons. The third-order valence-corrected chi connectivity index (χ3v) is 3.77. The summed E-state index contributed by atoms with van der Waals surface area (Å²) < 4.78 is 26.8. The number of aliphatic hydroxyl groups excluding tert-OH is 1. The number of aliphatic hydroxyl groups is 1. The van der Waals surface area contributed by atoms with Gasteiger partial charge in [-0.25, -0.2) is 8.78 Å². The van der Waals surface area contributed by atoms with Crippen LogP contribution in [0.1, 0.15) is 11.1 Å². The highest BCUT2D eigenvalue weighted by Crippen LogP contribution is 2.23. The van der Waals surface area contributed by atoms with E-state index in [1.54, 1.807) is 6.07 Å². The van der Waals surface area contributed by atoms with E-state index in [9.17, 15) is 13.9 Å². The van der Waals surface area contributed by atoms with Gasteiger partial charge in [0.15, 0.2) is 11.6 Å². The molecule has 1 nitrogen and oxygen atoms in total. The number of benzene rings is 2. The Bertz CT molecular complexity index is 619. The molecule has 2 aromatic rings. The second-order valence-electron chi connectivity index (χ2n) is 4.55. The number of hydrogen-bond acceptors (Lipinski definition) is 1. The van der Waals surface area contributed by atoms with Gasteiger partial charge in [0.2, 0.25) is 0 Å². The van der Waals surface area contributed by atoms with Gasteiger partial charge >= 0.3 is 0 Å². The molecule has 2 aromatic carbocycles. The summed E-state index contributed by atoms with van der Waals surface area (Å²) in [5.74, 6) is -1.80. The summed E-state index contributed by atoms with van der Waals surface area (Å²) in [5, 5.41) is 10.6. The van der Waals surface area contributed by atoms with Crippen LogP contribution in [0.25, 0.3) is 0 Å². The quantitative estimate of drug-likeness (QED) is 0.848. The predicted octanol–water partition coefficient (Wildman–Crippen LogP) is 4.53. The molecule has 20 heavy (non-hydrogen) atoms. The smallest absolute Gasteiger partial charge is 0.159 e. The predicted molar refractivity (Wildman–Crippen MR) is 78.9 cm³/mol. The first-order valence-electron chi connectivity index (χ1n) is 6.01. The fourth-order valence-electron chi connectivity index (χ4n) is 1.95. The number of halogens is 4. The van der Waals surface area contributed by atoms with Crippen molar-refractivity contribution < 1.29 is 13.9 Å². The molecule has 5 heteroatoms. The second kappa shape index (κ2) is 6.66. The average Bonchev–Trinajstić information content (AvgIpc) is 2.37. The molecule has 0 aromatic heterocycles. The van der Waals surface area contributed by atoms with Crippen LogP contribution in [0.15, 0.2) is 40.9 Å². The Morgan fingerprint density at radius 2 is 1.80 bits per heavy atom. The van der Waals surface area contributed by atoms with Gasteiger partial charge in [0.25, 0.3) is 0 Å². The van der Waals surface area contributed by atoms with Crippen LogP contribution < -0.4 is 0 Å². The molecule has 0 amide bonds. The summed E-state index contributed by atoms with van der Waals surface area (Å²) in [4.78, 5) is 0. The van der Waals surface area contributed by atoms with Gasteiger partial charge in [0, 0.05) is 15.9 Å². The highest BCUT2D eigenvalue weighted by atomic mass is 79.9. The Kier molecular flexibility index (Phi) is 5.13. The molecule has 1 unspecified atom stereocenters. The first-order valence-corrected chi connectivity index (χ1v) is 7.18. The van der Waals surface area contributed by atoms with Gasteiger partial charge in [-0.2, -0.15) is 0 Å². The zero-order valence-electron chi connectivity index (χ0n) is 10.4. The SMILES string of the molecule is OC(Cc1ccc(F)c(F)c1)Cc1ccc(Br)cc1Cl. The third kappa shape index (κ3) is 4.01. The molecule has 0 aliphatic carbocycles. The molecule has 0 aliphatic rings. The van der Waals surface area contributed by atoms with Crippen LogP contribution in [-0.4, -0.2) is 11.2 Å². The van der Waals surface area contributed by atoms with Crippen molar-refractivity contribution in [3.05, 3.63) is 68.7 Å². The lowest BCUT2D eigenvalue weighted by Gasteiger charge is -2.12. The maximum atomic E-state index is 13.1. The van der Waals surface area contributed by atoms with E-state index in [0.717, 1.165) is 22.2 Å².